The van der Waals surface area contributed by atoms with Crippen LogP contribution in [-0.2, 0) is 4.79 Å². The Labute approximate surface area is 239 Å². The zero-order valence-electron chi connectivity index (χ0n) is 23.4. The molecule has 3 aromatic rings. The number of hydrogen-bond donors (Lipinski definition) is 4. The molecule has 1 saturated carbocycles. The number of carbonyl (C=O) groups is 3. The molecule has 15 heteroatoms. The van der Waals surface area contributed by atoms with E-state index in [1.807, 2.05) is 35.7 Å². The van der Waals surface area contributed by atoms with Crippen LogP contribution in [0, 0.1) is 5.92 Å². The van der Waals surface area contributed by atoms with Gasteiger partial charge in [0.25, 0.3) is 11.8 Å². The number of benzene rings is 1. The zero-order chi connectivity index (χ0) is 28.9. The summed E-state index contributed by atoms with van der Waals surface area (Å²) < 4.78 is 5.77. The van der Waals surface area contributed by atoms with Crippen molar-refractivity contribution in [3.05, 3.63) is 41.0 Å². The van der Waals surface area contributed by atoms with Gasteiger partial charge in [0.05, 0.1) is 30.2 Å². The first-order valence-corrected chi connectivity index (χ1v) is 14.1. The van der Waals surface area contributed by atoms with E-state index in [0.29, 0.717) is 39.1 Å². The maximum absolute atomic E-state index is 13.1. The normalized spacial score (nSPS) is 12.8. The lowest BCUT2D eigenvalue weighted by atomic mass is 9.49. The number of ether oxygens (including phenoxy) is 1. The molecule has 1 fully saturated rings. The quantitative estimate of drug-likeness (QED) is 0.185. The van der Waals surface area contributed by atoms with E-state index in [1.54, 1.807) is 18.3 Å². The van der Waals surface area contributed by atoms with E-state index in [2.05, 4.69) is 43.4 Å². The first-order valence-electron chi connectivity index (χ1n) is 13.3. The molecule has 11 nitrogen and oxygen atoms in total. The minimum absolute atomic E-state index is 0.0178. The van der Waals surface area contributed by atoms with Crippen molar-refractivity contribution >= 4 is 69.8 Å². The average Bonchev–Trinajstić information content (AvgIpc) is 3.64. The van der Waals surface area contributed by atoms with Gasteiger partial charge in [0.15, 0.2) is 17.3 Å². The number of aromatic nitrogens is 3. The van der Waals surface area contributed by atoms with Gasteiger partial charge in [0.2, 0.25) is 5.91 Å². The Morgan fingerprint density at radius 2 is 1.90 bits per heavy atom. The number of anilines is 3. The second kappa shape index (κ2) is 12.5. The van der Waals surface area contributed by atoms with Gasteiger partial charge in [0.1, 0.15) is 33.4 Å². The van der Waals surface area contributed by atoms with Crippen LogP contribution in [0.2, 0.25) is 0 Å². The first kappa shape index (κ1) is 29.1. The second-order valence-electron chi connectivity index (χ2n) is 10.6. The molecule has 2 aromatic heterocycles. The Bertz CT molecular complexity index is 1410. The van der Waals surface area contributed by atoms with Crippen molar-refractivity contribution in [2.45, 2.75) is 37.8 Å². The third-order valence-corrected chi connectivity index (χ3v) is 6.99. The summed E-state index contributed by atoms with van der Waals surface area (Å²) in [5.41, 5.74) is 1.62. The van der Waals surface area contributed by atoms with Gasteiger partial charge in [-0.1, -0.05) is 19.4 Å². The van der Waals surface area contributed by atoms with Crippen molar-refractivity contribution in [1.82, 2.24) is 25.8 Å². The Morgan fingerprint density at radius 3 is 2.58 bits per heavy atom. The monoisotopic (exact) mass is 559 g/mol. The lowest BCUT2D eigenvalue weighted by Crippen LogP contribution is -2.50. The van der Waals surface area contributed by atoms with Crippen molar-refractivity contribution < 1.29 is 19.1 Å². The molecule has 1 aromatic carbocycles. The van der Waals surface area contributed by atoms with Crippen LogP contribution in [0.15, 0.2) is 30.5 Å². The highest BCUT2D eigenvalue weighted by Crippen LogP contribution is 2.40. The predicted octanol–water partition coefficient (Wildman–Crippen LogP) is 0.471. The highest BCUT2D eigenvalue weighted by Gasteiger charge is 2.30. The maximum Gasteiger partial charge on any atom is 0.272 e. The number of amides is 3. The van der Waals surface area contributed by atoms with Gasteiger partial charge in [-0.05, 0) is 36.6 Å². The number of carbonyl (C=O) groups excluding carboxylic acids is 3. The van der Waals surface area contributed by atoms with Crippen LogP contribution in [0.4, 0.5) is 17.2 Å². The summed E-state index contributed by atoms with van der Waals surface area (Å²) in [6, 6.07) is 7.05. The fourth-order valence-corrected chi connectivity index (χ4v) is 4.68. The maximum atomic E-state index is 13.1. The van der Waals surface area contributed by atoms with Gasteiger partial charge in [-0.15, -0.1) is 21.5 Å². The summed E-state index contributed by atoms with van der Waals surface area (Å²) in [4.78, 5) is 42.9. The Morgan fingerprint density at radius 1 is 1.12 bits per heavy atom. The minimum Gasteiger partial charge on any atom is -0.494 e. The van der Waals surface area contributed by atoms with Crippen molar-refractivity contribution in [2.24, 2.45) is 5.92 Å². The van der Waals surface area contributed by atoms with Crippen LogP contribution >= 0.6 is 11.3 Å². The van der Waals surface area contributed by atoms with Crippen LogP contribution in [0.25, 0.3) is 10.6 Å². The number of hydrogen-bond acceptors (Lipinski definition) is 9. The molecule has 4 rings (SSSR count). The molecule has 4 N–H and O–H groups in total. The van der Waals surface area contributed by atoms with Crippen molar-refractivity contribution in [2.75, 3.05) is 24.3 Å². The molecule has 0 aliphatic heterocycles. The van der Waals surface area contributed by atoms with E-state index in [4.69, 9.17) is 4.74 Å². The standard InChI is InChI=1S/C25H32B3N7O4S/c1-3-4-10-29-22(37)17-12-30-24(40-17)14-6-5-7-15(20(14)39-2)31-16-11-18(32-21(36)13-8-9-13)34-35-19(16)23(38)33-25(26,27)28/h5-7,11-13H,3-4,8-10,26-28H2,1-2H3,(H,29,37)(H,33,38)(H2,31,32,34,36). The molecule has 1 aliphatic carbocycles. The smallest absolute Gasteiger partial charge is 0.272 e. The third kappa shape index (κ3) is 7.41. The number of unbranched alkanes of at least 4 members (excludes halogenated alkanes) is 1. The largest absolute Gasteiger partial charge is 0.494 e. The molecule has 0 saturated heterocycles. The van der Waals surface area contributed by atoms with Crippen molar-refractivity contribution in [3.8, 4) is 16.3 Å². The molecular formula is C25H32B3N7O4S. The van der Waals surface area contributed by atoms with Gasteiger partial charge in [-0.2, -0.15) is 0 Å². The molecule has 2 heterocycles. The van der Waals surface area contributed by atoms with Gasteiger partial charge in [-0.25, -0.2) is 4.98 Å². The highest BCUT2D eigenvalue weighted by molar-refractivity contribution is 7.17. The van der Waals surface area contributed by atoms with Gasteiger partial charge < -0.3 is 26.0 Å². The lowest BCUT2D eigenvalue weighted by molar-refractivity contribution is -0.117. The molecule has 0 bridgehead atoms. The van der Waals surface area contributed by atoms with Crippen molar-refractivity contribution in [3.63, 3.8) is 0 Å². The van der Waals surface area contributed by atoms with E-state index in [-0.39, 0.29) is 29.2 Å². The van der Waals surface area contributed by atoms with E-state index in [9.17, 15) is 14.4 Å². The zero-order valence-corrected chi connectivity index (χ0v) is 24.2. The number of nitrogens with zero attached hydrogens (tertiary/aromatic N) is 3. The number of para-hydroxylation sites is 1. The topological polar surface area (TPSA) is 147 Å². The Kier molecular flexibility index (Phi) is 9.13. The van der Waals surface area contributed by atoms with Crippen molar-refractivity contribution in [1.29, 1.82) is 0 Å². The minimum atomic E-state index is -0.502. The molecule has 0 unspecified atom stereocenters. The predicted molar refractivity (Wildman–Crippen MR) is 164 cm³/mol. The molecule has 0 atom stereocenters. The highest BCUT2D eigenvalue weighted by atomic mass is 32.1. The molecule has 0 spiro atoms. The van der Waals surface area contributed by atoms with Crippen LogP contribution < -0.4 is 26.0 Å². The number of rotatable bonds is 12. The molecule has 1 aliphatic rings. The van der Waals surface area contributed by atoms with E-state index in [0.717, 1.165) is 25.7 Å². The summed E-state index contributed by atoms with van der Waals surface area (Å²) in [6.45, 7) is 2.68. The lowest BCUT2D eigenvalue weighted by Gasteiger charge is -2.22. The molecule has 40 heavy (non-hydrogen) atoms. The van der Waals surface area contributed by atoms with Crippen LogP contribution in [-0.4, -0.2) is 75.3 Å². The van der Waals surface area contributed by atoms with Gasteiger partial charge in [-0.3, -0.25) is 14.4 Å². The van der Waals surface area contributed by atoms with Crippen LogP contribution in [0.3, 0.4) is 0 Å². The van der Waals surface area contributed by atoms with E-state index >= 15 is 0 Å². The summed E-state index contributed by atoms with van der Waals surface area (Å²) in [5.74, 6) is -0.0152. The van der Waals surface area contributed by atoms with E-state index < -0.39 is 11.1 Å². The molecule has 206 valence electrons. The number of methoxy groups -OCH3 is 1. The number of nitrogens with one attached hydrogen (secondary N) is 4. The third-order valence-electron chi connectivity index (χ3n) is 5.96. The summed E-state index contributed by atoms with van der Waals surface area (Å²) in [7, 11) is 7.15. The second-order valence-corrected chi connectivity index (χ2v) is 11.6. The Balaban J connectivity index is 1.66. The SMILES string of the molecule is BC(B)(B)NC(=O)c1nnc(NC(=O)C2CC2)cc1Nc1cccc(-c2ncc(C(=O)NCCCC)s2)c1OC. The molecule has 0 radical (unpaired) electrons. The summed E-state index contributed by atoms with van der Waals surface area (Å²) in [5, 5.41) is 20.2. The fourth-order valence-electron chi connectivity index (χ4n) is 3.83. The molecule has 3 amide bonds. The first-order chi connectivity index (χ1) is 19.1. The number of thiazole rings is 1. The van der Waals surface area contributed by atoms with Gasteiger partial charge in [0, 0.05) is 18.5 Å². The van der Waals surface area contributed by atoms with E-state index in [1.165, 1.54) is 18.4 Å². The van der Waals surface area contributed by atoms with Gasteiger partial charge >= 0.3 is 0 Å². The molecular weight excluding hydrogens is 527 g/mol. The summed E-state index contributed by atoms with van der Waals surface area (Å²) >= 11 is 1.26. The average molecular weight is 559 g/mol. The Hall–Kier alpha value is -3.87. The summed E-state index contributed by atoms with van der Waals surface area (Å²) in [6.07, 6.45) is 5.15. The van der Waals surface area contributed by atoms with Crippen LogP contribution in [0.1, 0.15) is 52.8 Å². The fraction of sp³-hybridized carbons (Fsp3) is 0.360. The van der Waals surface area contributed by atoms with Crippen LogP contribution in [0.5, 0.6) is 5.75 Å².